The van der Waals surface area contributed by atoms with Crippen LogP contribution in [-0.4, -0.2) is 12.6 Å². The van der Waals surface area contributed by atoms with E-state index in [1.54, 1.807) is 0 Å². The van der Waals surface area contributed by atoms with Crippen LogP contribution in [0.4, 0.5) is 0 Å². The molecule has 0 fully saturated rings. The summed E-state index contributed by atoms with van der Waals surface area (Å²) in [6.45, 7) is 4.14. The van der Waals surface area contributed by atoms with E-state index in [9.17, 15) is 4.79 Å². The number of carbonyl (C=O) groups is 1. The molecule has 0 spiro atoms. The van der Waals surface area contributed by atoms with Gasteiger partial charge in [0, 0.05) is 6.92 Å². The molecule has 0 aliphatic carbocycles. The lowest BCUT2D eigenvalue weighted by Gasteiger charge is -1.99. The number of carbonyl (C=O) groups excluding carboxylic acids is 1. The third-order valence-corrected chi connectivity index (χ3v) is 3.23. The Morgan fingerprint density at radius 2 is 1.17 bits per heavy atom. The zero-order valence-corrected chi connectivity index (χ0v) is 15.5. The third kappa shape index (κ3) is 20.2. The minimum Gasteiger partial charge on any atom is -0.466 e. The summed E-state index contributed by atoms with van der Waals surface area (Å²) in [4.78, 5) is 10.6. The Bertz CT molecular complexity index is 425. The molecule has 0 aliphatic rings. The fourth-order valence-electron chi connectivity index (χ4n) is 1.95. The van der Waals surface area contributed by atoms with Crippen molar-refractivity contribution < 1.29 is 9.53 Å². The molecule has 0 aromatic heterocycles. The summed E-state index contributed by atoms with van der Waals surface area (Å²) in [5.74, 6) is -0.190. The molecule has 0 bridgehead atoms. The Kier molecular flexibility index (Phi) is 17.8. The molecule has 0 aliphatic heterocycles. The highest BCUT2D eigenvalue weighted by Gasteiger charge is 1.91. The average Bonchev–Trinajstić information content (AvgIpc) is 2.56. The molecule has 0 radical (unpaired) electrons. The molecule has 0 aromatic carbocycles. The van der Waals surface area contributed by atoms with Crippen LogP contribution in [0.5, 0.6) is 0 Å². The summed E-state index contributed by atoms with van der Waals surface area (Å²) in [6.07, 6.45) is 30.3. The van der Waals surface area contributed by atoms with Crippen molar-refractivity contribution in [2.24, 2.45) is 0 Å². The highest BCUT2D eigenvalue weighted by atomic mass is 16.5. The summed E-state index contributed by atoms with van der Waals surface area (Å²) >= 11 is 0. The van der Waals surface area contributed by atoms with Gasteiger partial charge in [0.05, 0.1) is 6.61 Å². The van der Waals surface area contributed by atoms with E-state index in [4.69, 9.17) is 4.74 Å². The standard InChI is InChI=1S/C22H34O2/c1-3-4-5-6-7-8-9-10-11-12-13-14-15-16-17-18-19-20-21-24-22(2)23/h4-5,7-8,10-11,13-14,16-17H,3,6,9,12,15,18-21H2,1-2H3. The van der Waals surface area contributed by atoms with Gasteiger partial charge in [0.15, 0.2) is 0 Å². The maximum absolute atomic E-state index is 10.6. The van der Waals surface area contributed by atoms with E-state index in [2.05, 4.69) is 67.7 Å². The van der Waals surface area contributed by atoms with Crippen molar-refractivity contribution >= 4 is 5.97 Å². The highest BCUT2D eigenvalue weighted by Crippen LogP contribution is 1.99. The minimum absolute atomic E-state index is 0.190. The first-order chi connectivity index (χ1) is 11.8. The largest absolute Gasteiger partial charge is 0.466 e. The number of allylic oxidation sites excluding steroid dienone is 10. The van der Waals surface area contributed by atoms with Gasteiger partial charge in [-0.2, -0.15) is 0 Å². The molecule has 0 N–H and O–H groups in total. The molecule has 0 atom stereocenters. The van der Waals surface area contributed by atoms with E-state index in [1.165, 1.54) is 6.92 Å². The van der Waals surface area contributed by atoms with Crippen LogP contribution in [0.15, 0.2) is 60.8 Å². The molecular formula is C22H34O2. The van der Waals surface area contributed by atoms with Gasteiger partial charge in [-0.15, -0.1) is 0 Å². The van der Waals surface area contributed by atoms with Gasteiger partial charge in [-0.25, -0.2) is 0 Å². The lowest BCUT2D eigenvalue weighted by atomic mass is 10.2. The molecule has 24 heavy (non-hydrogen) atoms. The molecule has 0 saturated heterocycles. The fraction of sp³-hybridized carbons (Fsp3) is 0.500. The van der Waals surface area contributed by atoms with Crippen molar-refractivity contribution in [3.8, 4) is 0 Å². The lowest BCUT2D eigenvalue weighted by molar-refractivity contribution is -0.141. The molecule has 2 nitrogen and oxygen atoms in total. The van der Waals surface area contributed by atoms with Gasteiger partial charge in [0.25, 0.3) is 0 Å². The second-order valence-electron chi connectivity index (χ2n) is 5.54. The van der Waals surface area contributed by atoms with Crippen LogP contribution in [0.25, 0.3) is 0 Å². The van der Waals surface area contributed by atoms with Gasteiger partial charge in [0.2, 0.25) is 0 Å². The fourth-order valence-corrected chi connectivity index (χ4v) is 1.95. The summed E-state index contributed by atoms with van der Waals surface area (Å²) in [6, 6.07) is 0. The Morgan fingerprint density at radius 1 is 0.708 bits per heavy atom. The van der Waals surface area contributed by atoms with Gasteiger partial charge in [-0.05, 0) is 51.4 Å². The first-order valence-corrected chi connectivity index (χ1v) is 9.15. The van der Waals surface area contributed by atoms with E-state index < -0.39 is 0 Å². The maximum Gasteiger partial charge on any atom is 0.302 e. The summed E-state index contributed by atoms with van der Waals surface area (Å²) in [5, 5.41) is 0. The van der Waals surface area contributed by atoms with Gasteiger partial charge < -0.3 is 4.74 Å². The number of hydrogen-bond acceptors (Lipinski definition) is 2. The topological polar surface area (TPSA) is 26.3 Å². The minimum atomic E-state index is -0.190. The Balaban J connectivity index is 3.42. The van der Waals surface area contributed by atoms with E-state index in [1.807, 2.05) is 0 Å². The van der Waals surface area contributed by atoms with Gasteiger partial charge in [0.1, 0.15) is 0 Å². The number of ether oxygens (including phenoxy) is 1. The van der Waals surface area contributed by atoms with Crippen molar-refractivity contribution in [2.75, 3.05) is 6.61 Å². The van der Waals surface area contributed by atoms with Crippen LogP contribution in [0.2, 0.25) is 0 Å². The Labute approximate surface area is 148 Å². The Morgan fingerprint density at radius 3 is 1.62 bits per heavy atom. The molecule has 134 valence electrons. The predicted octanol–water partition coefficient (Wildman–Crippen LogP) is 6.47. The molecule has 0 saturated carbocycles. The van der Waals surface area contributed by atoms with Crippen molar-refractivity contribution in [3.63, 3.8) is 0 Å². The number of hydrogen-bond donors (Lipinski definition) is 0. The van der Waals surface area contributed by atoms with E-state index >= 15 is 0 Å². The molecule has 0 amide bonds. The number of unbranched alkanes of at least 4 members (excludes halogenated alkanes) is 2. The van der Waals surface area contributed by atoms with Crippen LogP contribution in [0.1, 0.15) is 65.2 Å². The smallest absolute Gasteiger partial charge is 0.302 e. The molecule has 0 aromatic rings. The second kappa shape index (κ2) is 19.2. The molecule has 0 unspecified atom stereocenters. The zero-order chi connectivity index (χ0) is 17.7. The lowest BCUT2D eigenvalue weighted by Crippen LogP contribution is -1.99. The van der Waals surface area contributed by atoms with Crippen molar-refractivity contribution in [2.45, 2.75) is 65.2 Å². The SMILES string of the molecule is CCC=CCC=CCC=CCC=CCC=CCCCCOC(C)=O. The second-order valence-corrected chi connectivity index (χ2v) is 5.54. The van der Waals surface area contributed by atoms with Gasteiger partial charge >= 0.3 is 5.97 Å². The number of rotatable bonds is 14. The summed E-state index contributed by atoms with van der Waals surface area (Å²) < 4.78 is 4.88. The average molecular weight is 331 g/mol. The van der Waals surface area contributed by atoms with Crippen molar-refractivity contribution in [1.82, 2.24) is 0 Å². The normalized spacial score (nSPS) is 12.6. The molecule has 2 heteroatoms. The monoisotopic (exact) mass is 330 g/mol. The van der Waals surface area contributed by atoms with Gasteiger partial charge in [-0.3, -0.25) is 4.79 Å². The highest BCUT2D eigenvalue weighted by molar-refractivity contribution is 5.65. The van der Waals surface area contributed by atoms with E-state index in [0.717, 1.165) is 51.4 Å². The third-order valence-electron chi connectivity index (χ3n) is 3.23. The number of esters is 1. The van der Waals surface area contributed by atoms with Crippen molar-refractivity contribution in [3.05, 3.63) is 60.8 Å². The maximum atomic E-state index is 10.6. The molecule has 0 rings (SSSR count). The van der Waals surface area contributed by atoms with Crippen LogP contribution in [0, 0.1) is 0 Å². The first kappa shape index (κ1) is 22.2. The van der Waals surface area contributed by atoms with Gasteiger partial charge in [-0.1, -0.05) is 67.7 Å². The zero-order valence-electron chi connectivity index (χ0n) is 15.5. The summed E-state index contributed by atoms with van der Waals surface area (Å²) in [7, 11) is 0. The first-order valence-electron chi connectivity index (χ1n) is 9.15. The summed E-state index contributed by atoms with van der Waals surface area (Å²) in [5.41, 5.74) is 0. The van der Waals surface area contributed by atoms with E-state index in [-0.39, 0.29) is 5.97 Å². The molecule has 0 heterocycles. The van der Waals surface area contributed by atoms with Crippen molar-refractivity contribution in [1.29, 1.82) is 0 Å². The van der Waals surface area contributed by atoms with Crippen LogP contribution in [0.3, 0.4) is 0 Å². The van der Waals surface area contributed by atoms with E-state index in [0.29, 0.717) is 6.61 Å². The predicted molar refractivity (Wildman–Crippen MR) is 105 cm³/mol. The quantitative estimate of drug-likeness (QED) is 0.207. The molecular weight excluding hydrogens is 296 g/mol. The Hall–Kier alpha value is -1.83. The van der Waals surface area contributed by atoms with Crippen LogP contribution < -0.4 is 0 Å². The van der Waals surface area contributed by atoms with Crippen LogP contribution >= 0.6 is 0 Å². The van der Waals surface area contributed by atoms with Crippen LogP contribution in [-0.2, 0) is 9.53 Å².